The van der Waals surface area contributed by atoms with Crippen LogP contribution in [0.3, 0.4) is 0 Å². The van der Waals surface area contributed by atoms with E-state index in [2.05, 4.69) is 32.4 Å². The van der Waals surface area contributed by atoms with E-state index in [9.17, 15) is 4.79 Å². The van der Waals surface area contributed by atoms with Crippen LogP contribution in [-0.2, 0) is 4.79 Å². The number of hydrogen-bond acceptors (Lipinski definition) is 4. The van der Waals surface area contributed by atoms with Crippen molar-refractivity contribution < 1.29 is 4.79 Å². The number of likely N-dealkylation sites (tertiary alicyclic amines) is 1. The Bertz CT molecular complexity index is 674. The maximum absolute atomic E-state index is 11.7. The molecular weight excluding hydrogens is 491 g/mol. The van der Waals surface area contributed by atoms with Gasteiger partial charge >= 0.3 is 0 Å². The molecule has 3 heterocycles. The Morgan fingerprint density at radius 1 is 1.43 bits per heavy atom. The van der Waals surface area contributed by atoms with Crippen LogP contribution in [-0.4, -0.2) is 67.1 Å². The van der Waals surface area contributed by atoms with Crippen molar-refractivity contribution in [3.8, 4) is 0 Å². The Labute approximate surface area is 189 Å². The number of rotatable bonds is 7. The number of aliphatic imine (C=N–C) groups is 1. The number of nitrogens with one attached hydrogen (secondary N) is 2. The molecule has 2 fully saturated rings. The molecule has 1 amide bonds. The van der Waals surface area contributed by atoms with Crippen LogP contribution in [0.2, 0.25) is 5.02 Å². The van der Waals surface area contributed by atoms with E-state index in [0.29, 0.717) is 24.0 Å². The summed E-state index contributed by atoms with van der Waals surface area (Å²) < 4.78 is 0. The predicted octanol–water partition coefficient (Wildman–Crippen LogP) is 2.50. The molecule has 28 heavy (non-hydrogen) atoms. The van der Waals surface area contributed by atoms with Gasteiger partial charge in [-0.15, -0.1) is 24.0 Å². The summed E-state index contributed by atoms with van der Waals surface area (Å²) in [6.07, 6.45) is 5.37. The first-order valence-corrected chi connectivity index (χ1v) is 10.2. The highest BCUT2D eigenvalue weighted by molar-refractivity contribution is 14.0. The molecule has 156 valence electrons. The molecule has 9 heteroatoms. The van der Waals surface area contributed by atoms with Gasteiger partial charge in [0.15, 0.2) is 5.96 Å². The summed E-state index contributed by atoms with van der Waals surface area (Å²) in [4.78, 5) is 24.9. The van der Waals surface area contributed by atoms with Crippen LogP contribution in [0.25, 0.3) is 0 Å². The van der Waals surface area contributed by atoms with Gasteiger partial charge in [0.05, 0.1) is 5.02 Å². The van der Waals surface area contributed by atoms with E-state index >= 15 is 0 Å². The summed E-state index contributed by atoms with van der Waals surface area (Å²) >= 11 is 6.27. The van der Waals surface area contributed by atoms with Gasteiger partial charge < -0.3 is 20.4 Å². The number of nitrogens with zero attached hydrogens (tertiary/aromatic N) is 4. The van der Waals surface area contributed by atoms with Crippen LogP contribution in [0.1, 0.15) is 32.6 Å². The van der Waals surface area contributed by atoms with Crippen molar-refractivity contribution in [3.05, 3.63) is 23.4 Å². The lowest BCUT2D eigenvalue weighted by Crippen LogP contribution is -2.44. The number of pyridine rings is 1. The highest BCUT2D eigenvalue weighted by Crippen LogP contribution is 2.25. The molecule has 1 atom stereocenters. The predicted molar refractivity (Wildman–Crippen MR) is 125 cm³/mol. The lowest BCUT2D eigenvalue weighted by atomic mass is 10.3. The molecular formula is C19H30ClIN6O. The van der Waals surface area contributed by atoms with E-state index in [1.54, 1.807) is 6.20 Å². The number of guanidine groups is 1. The van der Waals surface area contributed by atoms with E-state index < -0.39 is 0 Å². The molecule has 0 saturated carbocycles. The largest absolute Gasteiger partial charge is 0.357 e. The molecule has 7 nitrogen and oxygen atoms in total. The molecule has 2 aliphatic heterocycles. The van der Waals surface area contributed by atoms with E-state index in [1.807, 2.05) is 17.0 Å². The number of hydrogen-bond donors (Lipinski definition) is 2. The average Bonchev–Trinajstić information content (AvgIpc) is 3.28. The Morgan fingerprint density at radius 2 is 2.29 bits per heavy atom. The minimum Gasteiger partial charge on any atom is -0.357 e. The van der Waals surface area contributed by atoms with Crippen molar-refractivity contribution in [1.82, 2.24) is 20.5 Å². The van der Waals surface area contributed by atoms with Crippen molar-refractivity contribution >= 4 is 53.3 Å². The van der Waals surface area contributed by atoms with Crippen molar-refractivity contribution in [2.24, 2.45) is 4.99 Å². The molecule has 0 radical (unpaired) electrons. The summed E-state index contributed by atoms with van der Waals surface area (Å²) in [5.74, 6) is 1.97. The zero-order valence-corrected chi connectivity index (χ0v) is 19.5. The fraction of sp³-hybridized carbons (Fsp3) is 0.632. The standard InChI is InChI=1S/C19H29ClN6O.HI/c1-2-21-19(23-10-5-12-25-11-4-7-17(25)27)24-15-8-13-26(14-15)18-16(20)6-3-9-22-18;/h3,6,9,15H,2,4-5,7-8,10-14H2,1H3,(H2,21,23,24);1H. The van der Waals surface area contributed by atoms with Crippen molar-refractivity contribution in [2.45, 2.75) is 38.6 Å². The maximum atomic E-state index is 11.7. The monoisotopic (exact) mass is 520 g/mol. The Morgan fingerprint density at radius 3 is 3.00 bits per heavy atom. The van der Waals surface area contributed by atoms with E-state index in [0.717, 1.165) is 63.8 Å². The highest BCUT2D eigenvalue weighted by Gasteiger charge is 2.25. The molecule has 0 bridgehead atoms. The maximum Gasteiger partial charge on any atom is 0.222 e. The zero-order chi connectivity index (χ0) is 19.1. The lowest BCUT2D eigenvalue weighted by Gasteiger charge is -2.20. The molecule has 0 aliphatic carbocycles. The fourth-order valence-corrected chi connectivity index (χ4v) is 3.83. The van der Waals surface area contributed by atoms with Gasteiger partial charge in [-0.25, -0.2) is 4.98 Å². The zero-order valence-electron chi connectivity index (χ0n) is 16.4. The van der Waals surface area contributed by atoms with Gasteiger partial charge in [0.25, 0.3) is 0 Å². The van der Waals surface area contributed by atoms with Gasteiger partial charge in [-0.05, 0) is 38.3 Å². The number of carbonyl (C=O) groups is 1. The fourth-order valence-electron chi connectivity index (χ4n) is 3.59. The van der Waals surface area contributed by atoms with Crippen LogP contribution >= 0.6 is 35.6 Å². The van der Waals surface area contributed by atoms with Crippen LogP contribution in [0.5, 0.6) is 0 Å². The molecule has 0 aromatic carbocycles. The molecule has 1 aromatic rings. The smallest absolute Gasteiger partial charge is 0.222 e. The minimum absolute atomic E-state index is 0. The van der Waals surface area contributed by atoms with Crippen LogP contribution in [0.4, 0.5) is 5.82 Å². The van der Waals surface area contributed by atoms with Gasteiger partial charge in [-0.3, -0.25) is 9.79 Å². The normalized spacial score (nSPS) is 19.7. The average molecular weight is 521 g/mol. The Kier molecular flexibility index (Phi) is 9.57. The topological polar surface area (TPSA) is 72.9 Å². The third kappa shape index (κ3) is 6.37. The number of anilines is 1. The summed E-state index contributed by atoms with van der Waals surface area (Å²) in [7, 11) is 0. The van der Waals surface area contributed by atoms with Gasteiger partial charge in [0.2, 0.25) is 5.91 Å². The van der Waals surface area contributed by atoms with E-state index in [4.69, 9.17) is 11.6 Å². The Hall–Kier alpha value is -1.29. The second-order valence-corrected chi connectivity index (χ2v) is 7.39. The van der Waals surface area contributed by atoms with E-state index in [1.165, 1.54) is 0 Å². The number of carbonyl (C=O) groups excluding carboxylic acids is 1. The molecule has 2 aliphatic rings. The first-order chi connectivity index (χ1) is 13.2. The summed E-state index contributed by atoms with van der Waals surface area (Å²) in [5.41, 5.74) is 0. The van der Waals surface area contributed by atoms with Gasteiger partial charge in [0, 0.05) is 57.9 Å². The van der Waals surface area contributed by atoms with Crippen molar-refractivity contribution in [3.63, 3.8) is 0 Å². The van der Waals surface area contributed by atoms with Gasteiger partial charge in [0.1, 0.15) is 5.82 Å². The van der Waals surface area contributed by atoms with Gasteiger partial charge in [-0.1, -0.05) is 11.6 Å². The third-order valence-electron chi connectivity index (χ3n) is 4.94. The first kappa shape index (κ1) is 23.0. The van der Waals surface area contributed by atoms with Crippen molar-refractivity contribution in [2.75, 3.05) is 44.2 Å². The van der Waals surface area contributed by atoms with Crippen LogP contribution in [0, 0.1) is 0 Å². The molecule has 2 N–H and O–H groups in total. The highest BCUT2D eigenvalue weighted by atomic mass is 127. The van der Waals surface area contributed by atoms with Crippen LogP contribution in [0.15, 0.2) is 23.3 Å². The van der Waals surface area contributed by atoms with Crippen LogP contribution < -0.4 is 15.5 Å². The van der Waals surface area contributed by atoms with Crippen molar-refractivity contribution in [1.29, 1.82) is 0 Å². The quantitative estimate of drug-likeness (QED) is 0.250. The number of halogens is 2. The molecule has 1 aromatic heterocycles. The second-order valence-electron chi connectivity index (χ2n) is 6.98. The molecule has 3 rings (SSSR count). The second kappa shape index (κ2) is 11.6. The minimum atomic E-state index is 0. The number of amides is 1. The molecule has 1 unspecified atom stereocenters. The summed E-state index contributed by atoms with van der Waals surface area (Å²) in [6, 6.07) is 4.03. The number of aromatic nitrogens is 1. The SMILES string of the molecule is CCNC(=NCCCN1CCCC1=O)NC1CCN(c2ncccc2Cl)C1.I. The third-order valence-corrected chi connectivity index (χ3v) is 5.23. The summed E-state index contributed by atoms with van der Waals surface area (Å²) in [5, 5.41) is 7.52. The van der Waals surface area contributed by atoms with Gasteiger partial charge in [-0.2, -0.15) is 0 Å². The lowest BCUT2D eigenvalue weighted by molar-refractivity contribution is -0.127. The Balaban J connectivity index is 0.00000280. The molecule has 0 spiro atoms. The molecule has 2 saturated heterocycles. The first-order valence-electron chi connectivity index (χ1n) is 9.85. The summed E-state index contributed by atoms with van der Waals surface area (Å²) in [6.45, 7) is 7.07. The van der Waals surface area contributed by atoms with E-state index in [-0.39, 0.29) is 29.9 Å².